The van der Waals surface area contributed by atoms with Gasteiger partial charge >= 0.3 is 0 Å². The lowest BCUT2D eigenvalue weighted by atomic mass is 10.2. The highest BCUT2D eigenvalue weighted by atomic mass is 16.5. The standard InChI is InChI=1S/C14H17N3O/c1-3-16-17-8-6-13(7-9-17)18-14-5-4-12(15)10-11(14)2/h3-8,10H,9,15H2,1-2H3/b16-3-. The number of hydrazone groups is 1. The Hall–Kier alpha value is -2.23. The Morgan fingerprint density at radius 3 is 2.89 bits per heavy atom. The normalized spacial score (nSPS) is 15.0. The maximum atomic E-state index is 5.81. The third kappa shape index (κ3) is 2.91. The zero-order chi connectivity index (χ0) is 13.0. The average Bonchev–Trinajstić information content (AvgIpc) is 2.35. The molecule has 1 aromatic rings. The molecule has 0 saturated heterocycles. The Morgan fingerprint density at radius 2 is 2.28 bits per heavy atom. The molecule has 4 heteroatoms. The summed E-state index contributed by atoms with van der Waals surface area (Å²) in [7, 11) is 0. The van der Waals surface area contributed by atoms with Crippen LogP contribution in [0.25, 0.3) is 0 Å². The van der Waals surface area contributed by atoms with Gasteiger partial charge in [-0.15, -0.1) is 0 Å². The van der Waals surface area contributed by atoms with E-state index in [0.29, 0.717) is 6.54 Å². The van der Waals surface area contributed by atoms with Gasteiger partial charge in [0.1, 0.15) is 11.5 Å². The van der Waals surface area contributed by atoms with E-state index in [9.17, 15) is 0 Å². The minimum atomic E-state index is 0.712. The van der Waals surface area contributed by atoms with Crippen LogP contribution in [0.5, 0.6) is 5.75 Å². The van der Waals surface area contributed by atoms with E-state index in [1.54, 1.807) is 6.21 Å². The van der Waals surface area contributed by atoms with Crippen molar-refractivity contribution in [3.63, 3.8) is 0 Å². The van der Waals surface area contributed by atoms with Crippen molar-refractivity contribution in [2.75, 3.05) is 12.3 Å². The molecule has 2 rings (SSSR count). The van der Waals surface area contributed by atoms with Crippen LogP contribution in [-0.2, 0) is 0 Å². The third-order valence-electron chi connectivity index (χ3n) is 2.58. The molecule has 0 aromatic heterocycles. The van der Waals surface area contributed by atoms with Crippen molar-refractivity contribution in [3.05, 3.63) is 47.9 Å². The van der Waals surface area contributed by atoms with Gasteiger partial charge in [0.15, 0.2) is 0 Å². The summed E-state index contributed by atoms with van der Waals surface area (Å²) in [5.74, 6) is 1.65. The number of nitrogens with two attached hydrogens (primary N) is 1. The molecular weight excluding hydrogens is 226 g/mol. The number of aryl methyl sites for hydroxylation is 1. The van der Waals surface area contributed by atoms with Gasteiger partial charge < -0.3 is 10.5 Å². The van der Waals surface area contributed by atoms with Crippen LogP contribution in [0.15, 0.2) is 47.4 Å². The van der Waals surface area contributed by atoms with E-state index in [1.807, 2.05) is 55.4 Å². The molecule has 1 aromatic carbocycles. The molecule has 0 radical (unpaired) electrons. The first kappa shape index (κ1) is 12.2. The summed E-state index contributed by atoms with van der Waals surface area (Å²) >= 11 is 0. The van der Waals surface area contributed by atoms with Gasteiger partial charge in [-0.25, -0.2) is 0 Å². The van der Waals surface area contributed by atoms with Crippen molar-refractivity contribution in [2.24, 2.45) is 5.10 Å². The molecule has 0 aliphatic carbocycles. The van der Waals surface area contributed by atoms with Crippen molar-refractivity contribution in [1.82, 2.24) is 5.01 Å². The lowest BCUT2D eigenvalue weighted by Crippen LogP contribution is -2.14. The molecule has 0 bridgehead atoms. The molecular formula is C14H17N3O. The molecule has 1 aliphatic heterocycles. The Labute approximate surface area is 107 Å². The predicted octanol–water partition coefficient (Wildman–Crippen LogP) is 2.67. The maximum absolute atomic E-state index is 5.81. The molecule has 0 spiro atoms. The number of ether oxygens (including phenoxy) is 1. The Balaban J connectivity index is 2.05. The number of hydrogen-bond acceptors (Lipinski definition) is 4. The summed E-state index contributed by atoms with van der Waals surface area (Å²) in [5.41, 5.74) is 7.48. The van der Waals surface area contributed by atoms with Gasteiger partial charge in [-0.3, -0.25) is 5.01 Å². The van der Waals surface area contributed by atoms with Crippen LogP contribution < -0.4 is 10.5 Å². The first-order valence-electron chi connectivity index (χ1n) is 5.86. The molecule has 0 saturated carbocycles. The van der Waals surface area contributed by atoms with Crippen molar-refractivity contribution in [2.45, 2.75) is 13.8 Å². The van der Waals surface area contributed by atoms with Crippen LogP contribution in [0, 0.1) is 6.92 Å². The number of nitrogen functional groups attached to an aromatic ring is 1. The largest absolute Gasteiger partial charge is 0.457 e. The fraction of sp³-hybridized carbons (Fsp3) is 0.214. The first-order valence-corrected chi connectivity index (χ1v) is 5.86. The molecule has 0 atom stereocenters. The predicted molar refractivity (Wildman–Crippen MR) is 74.3 cm³/mol. The van der Waals surface area contributed by atoms with E-state index in [4.69, 9.17) is 10.5 Å². The van der Waals surface area contributed by atoms with Crippen molar-refractivity contribution in [1.29, 1.82) is 0 Å². The second-order valence-corrected chi connectivity index (χ2v) is 4.04. The summed E-state index contributed by atoms with van der Waals surface area (Å²) in [6.07, 6.45) is 7.53. The monoisotopic (exact) mass is 243 g/mol. The van der Waals surface area contributed by atoms with Crippen LogP contribution >= 0.6 is 0 Å². The van der Waals surface area contributed by atoms with Crippen LogP contribution in [0.3, 0.4) is 0 Å². The van der Waals surface area contributed by atoms with Gasteiger partial charge in [-0.2, -0.15) is 5.10 Å². The summed E-state index contributed by atoms with van der Waals surface area (Å²) in [6, 6.07) is 5.62. The highest BCUT2D eigenvalue weighted by Gasteiger charge is 2.06. The first-order chi connectivity index (χ1) is 8.69. The van der Waals surface area contributed by atoms with E-state index in [1.165, 1.54) is 0 Å². The lowest BCUT2D eigenvalue weighted by molar-refractivity contribution is 0.393. The highest BCUT2D eigenvalue weighted by molar-refractivity contribution is 5.53. The van der Waals surface area contributed by atoms with E-state index >= 15 is 0 Å². The van der Waals surface area contributed by atoms with Gasteiger partial charge in [0, 0.05) is 18.1 Å². The number of anilines is 1. The van der Waals surface area contributed by atoms with Crippen LogP contribution in [0.1, 0.15) is 12.5 Å². The Morgan fingerprint density at radius 1 is 1.44 bits per heavy atom. The van der Waals surface area contributed by atoms with Crippen LogP contribution in [-0.4, -0.2) is 17.8 Å². The van der Waals surface area contributed by atoms with E-state index < -0.39 is 0 Å². The third-order valence-corrected chi connectivity index (χ3v) is 2.58. The fourth-order valence-electron chi connectivity index (χ4n) is 1.70. The van der Waals surface area contributed by atoms with Crippen molar-refractivity contribution >= 4 is 11.9 Å². The van der Waals surface area contributed by atoms with Crippen LogP contribution in [0.2, 0.25) is 0 Å². The lowest BCUT2D eigenvalue weighted by Gasteiger charge is -2.18. The smallest absolute Gasteiger partial charge is 0.130 e. The topological polar surface area (TPSA) is 50.8 Å². The second-order valence-electron chi connectivity index (χ2n) is 4.04. The van der Waals surface area contributed by atoms with E-state index in [-0.39, 0.29) is 0 Å². The number of rotatable bonds is 3. The molecule has 94 valence electrons. The van der Waals surface area contributed by atoms with Gasteiger partial charge in [-0.05, 0) is 49.8 Å². The average molecular weight is 243 g/mol. The van der Waals surface area contributed by atoms with Crippen LogP contribution in [0.4, 0.5) is 5.69 Å². The maximum Gasteiger partial charge on any atom is 0.130 e. The summed E-state index contributed by atoms with van der Waals surface area (Å²) in [5, 5.41) is 6.00. The zero-order valence-electron chi connectivity index (χ0n) is 10.6. The van der Waals surface area contributed by atoms with E-state index in [0.717, 1.165) is 22.8 Å². The SMILES string of the molecule is C/C=N\N1C=CC(Oc2ccc(N)cc2C)=CC1. The van der Waals surface area contributed by atoms with Gasteiger partial charge in [0.2, 0.25) is 0 Å². The van der Waals surface area contributed by atoms with Crippen molar-refractivity contribution < 1.29 is 4.74 Å². The molecule has 2 N–H and O–H groups in total. The summed E-state index contributed by atoms with van der Waals surface area (Å²) in [4.78, 5) is 0. The fourth-order valence-corrected chi connectivity index (χ4v) is 1.70. The molecule has 1 heterocycles. The molecule has 0 unspecified atom stereocenters. The van der Waals surface area contributed by atoms with Gasteiger partial charge in [0.05, 0.1) is 6.54 Å². The minimum absolute atomic E-state index is 0.712. The quantitative estimate of drug-likeness (QED) is 0.656. The number of nitrogens with zero attached hydrogens (tertiary/aromatic N) is 2. The summed E-state index contributed by atoms with van der Waals surface area (Å²) < 4.78 is 5.81. The van der Waals surface area contributed by atoms with E-state index in [2.05, 4.69) is 5.10 Å². The molecule has 4 nitrogen and oxygen atoms in total. The molecule has 1 aliphatic rings. The number of allylic oxidation sites excluding steroid dienone is 1. The number of benzene rings is 1. The highest BCUT2D eigenvalue weighted by Crippen LogP contribution is 2.23. The second kappa shape index (κ2) is 5.40. The van der Waals surface area contributed by atoms with Crippen molar-refractivity contribution in [3.8, 4) is 5.75 Å². The van der Waals surface area contributed by atoms with Gasteiger partial charge in [-0.1, -0.05) is 0 Å². The molecule has 0 amide bonds. The zero-order valence-corrected chi connectivity index (χ0v) is 10.6. The minimum Gasteiger partial charge on any atom is -0.457 e. The van der Waals surface area contributed by atoms with Gasteiger partial charge in [0.25, 0.3) is 0 Å². The Kier molecular flexibility index (Phi) is 3.67. The Bertz CT molecular complexity index is 518. The summed E-state index contributed by atoms with van der Waals surface area (Å²) in [6.45, 7) is 4.58. The molecule has 0 fully saturated rings. The molecule has 18 heavy (non-hydrogen) atoms. The number of hydrogen-bond donors (Lipinski definition) is 1.